The minimum atomic E-state index is -4.38. The molecule has 0 radical (unpaired) electrons. The minimum absolute atomic E-state index is 0.158. The number of hydrogen-bond donors (Lipinski definition) is 4. The Morgan fingerprint density at radius 3 is 2.73 bits per heavy atom. The van der Waals surface area contributed by atoms with E-state index in [0.717, 1.165) is 11.4 Å². The van der Waals surface area contributed by atoms with Crippen LogP contribution in [0.25, 0.3) is 0 Å². The van der Waals surface area contributed by atoms with Crippen molar-refractivity contribution in [2.75, 3.05) is 0 Å². The quantitative estimate of drug-likeness (QED) is 0.669. The van der Waals surface area contributed by atoms with E-state index in [9.17, 15) is 18.0 Å². The smallest absolute Gasteiger partial charge is 0.344 e. The summed E-state index contributed by atoms with van der Waals surface area (Å²) in [7, 11) is 0. The third-order valence-corrected chi connectivity index (χ3v) is 4.73. The molecule has 0 saturated carbocycles. The maximum atomic E-state index is 13.3. The molecule has 0 bridgehead atoms. The highest BCUT2D eigenvalue weighted by Gasteiger charge is 2.46. The lowest BCUT2D eigenvalue weighted by molar-refractivity contribution is -0.154. The molecule has 3 unspecified atom stereocenters. The van der Waals surface area contributed by atoms with Gasteiger partial charge in [-0.25, -0.2) is 9.78 Å². The van der Waals surface area contributed by atoms with Gasteiger partial charge in [0.05, 0.1) is 23.9 Å². The number of nitrogens with one attached hydrogen (secondary N) is 4. The van der Waals surface area contributed by atoms with Gasteiger partial charge in [-0.2, -0.15) is 18.3 Å². The molecular formula is C16H21F3N6O. The first-order valence-electron chi connectivity index (χ1n) is 8.34. The number of carbonyl (C=O) groups is 1. The summed E-state index contributed by atoms with van der Waals surface area (Å²) in [5.74, 6) is -1.04. The largest absolute Gasteiger partial charge is 0.395 e. The zero-order valence-electron chi connectivity index (χ0n) is 14.7. The lowest BCUT2D eigenvalue weighted by Crippen LogP contribution is -2.47. The van der Waals surface area contributed by atoms with Gasteiger partial charge < -0.3 is 15.6 Å². The van der Waals surface area contributed by atoms with Gasteiger partial charge in [-0.1, -0.05) is 0 Å². The lowest BCUT2D eigenvalue weighted by atomic mass is 9.83. The minimum Gasteiger partial charge on any atom is -0.344 e. The average Bonchev–Trinajstić information content (AvgIpc) is 3.12. The fourth-order valence-corrected chi connectivity index (χ4v) is 3.22. The van der Waals surface area contributed by atoms with Crippen LogP contribution < -0.4 is 10.6 Å². The number of imidazole rings is 1. The van der Waals surface area contributed by atoms with Gasteiger partial charge in [0.25, 0.3) is 0 Å². The highest BCUT2D eigenvalue weighted by molar-refractivity contribution is 5.74. The average molecular weight is 370 g/mol. The summed E-state index contributed by atoms with van der Waals surface area (Å²) in [5.41, 5.74) is 2.31. The Morgan fingerprint density at radius 2 is 2.12 bits per heavy atom. The van der Waals surface area contributed by atoms with Crippen LogP contribution in [-0.2, 0) is 6.42 Å². The topological polar surface area (TPSA) is 98.5 Å². The number of aryl methyl sites for hydroxylation is 2. The van der Waals surface area contributed by atoms with Gasteiger partial charge in [-0.3, -0.25) is 5.10 Å². The summed E-state index contributed by atoms with van der Waals surface area (Å²) in [5, 5.41) is 11.7. The summed E-state index contributed by atoms with van der Waals surface area (Å²) in [6.07, 6.45) is -3.10. The van der Waals surface area contributed by atoms with Gasteiger partial charge in [-0.15, -0.1) is 0 Å². The number of hydrogen-bond acceptors (Lipinski definition) is 3. The highest BCUT2D eigenvalue weighted by Crippen LogP contribution is 2.42. The second-order valence-corrected chi connectivity index (χ2v) is 6.71. The molecule has 0 spiro atoms. The fourth-order valence-electron chi connectivity index (χ4n) is 3.22. The van der Waals surface area contributed by atoms with Crippen molar-refractivity contribution in [2.45, 2.75) is 57.8 Å². The van der Waals surface area contributed by atoms with Crippen LogP contribution in [-0.4, -0.2) is 38.4 Å². The lowest BCUT2D eigenvalue weighted by Gasteiger charge is -2.31. The molecule has 0 aromatic carbocycles. The van der Waals surface area contributed by atoms with Crippen molar-refractivity contribution in [3.8, 4) is 0 Å². The third kappa shape index (κ3) is 3.68. The van der Waals surface area contributed by atoms with Crippen molar-refractivity contribution in [3.63, 3.8) is 0 Å². The third-order valence-electron chi connectivity index (χ3n) is 4.73. The number of rotatable bonds is 3. The fraction of sp³-hybridized carbons (Fsp3) is 0.562. The molecule has 0 fully saturated rings. The van der Waals surface area contributed by atoms with Crippen LogP contribution in [0.2, 0.25) is 0 Å². The second kappa shape index (κ2) is 6.65. The van der Waals surface area contributed by atoms with E-state index in [2.05, 4.69) is 30.8 Å². The number of nitrogens with zero attached hydrogens (tertiary/aromatic N) is 2. The van der Waals surface area contributed by atoms with Crippen LogP contribution in [0.5, 0.6) is 0 Å². The van der Waals surface area contributed by atoms with E-state index >= 15 is 0 Å². The molecule has 1 aliphatic carbocycles. The molecule has 0 saturated heterocycles. The van der Waals surface area contributed by atoms with Crippen molar-refractivity contribution < 1.29 is 18.0 Å². The summed E-state index contributed by atoms with van der Waals surface area (Å²) in [6.45, 7) is 5.48. The van der Waals surface area contributed by atoms with E-state index in [1.165, 1.54) is 6.20 Å². The number of amides is 2. The summed E-state index contributed by atoms with van der Waals surface area (Å²) in [4.78, 5) is 19.6. The van der Waals surface area contributed by atoms with E-state index in [-0.39, 0.29) is 18.4 Å². The first-order valence-corrected chi connectivity index (χ1v) is 8.34. The SMILES string of the molecule is Cc1nc(C(C)NC(=O)NC2Cc3[nH]ncc3C(C(F)(F)F)C2)[nH]c1C. The molecule has 0 aliphatic heterocycles. The van der Waals surface area contributed by atoms with Gasteiger partial charge in [0.15, 0.2) is 0 Å². The summed E-state index contributed by atoms with van der Waals surface area (Å²) >= 11 is 0. The van der Waals surface area contributed by atoms with Gasteiger partial charge in [0.2, 0.25) is 0 Å². The van der Waals surface area contributed by atoms with Crippen molar-refractivity contribution >= 4 is 6.03 Å². The first-order chi connectivity index (χ1) is 12.1. The Kier molecular flexibility index (Phi) is 4.68. The molecule has 1 aliphatic rings. The van der Waals surface area contributed by atoms with Gasteiger partial charge in [0, 0.05) is 29.4 Å². The number of aromatic nitrogens is 4. The predicted molar refractivity (Wildman–Crippen MR) is 87.6 cm³/mol. The van der Waals surface area contributed by atoms with E-state index in [1.54, 1.807) is 6.92 Å². The molecule has 3 atom stereocenters. The number of alkyl halides is 3. The Hall–Kier alpha value is -2.52. The number of aromatic amines is 2. The normalized spacial score (nSPS) is 21.2. The number of fused-ring (bicyclic) bond motifs is 1. The van der Waals surface area contributed by atoms with Gasteiger partial charge in [-0.05, 0) is 27.2 Å². The molecule has 3 rings (SSSR count). The molecule has 2 aromatic rings. The second-order valence-electron chi connectivity index (χ2n) is 6.71. The van der Waals surface area contributed by atoms with Gasteiger partial charge in [0.1, 0.15) is 5.82 Å². The Labute approximate surface area is 148 Å². The Balaban J connectivity index is 1.64. The molecule has 10 heteroatoms. The molecular weight excluding hydrogens is 349 g/mol. The zero-order valence-corrected chi connectivity index (χ0v) is 14.7. The standard InChI is InChI=1S/C16H21F3N6O/c1-7-8(2)22-14(21-7)9(3)23-15(26)24-10-4-12(16(17,18)19)11-6-20-25-13(11)5-10/h6,9-10,12H,4-5H2,1-3H3,(H,20,25)(H,21,22)(H2,23,24,26). The van der Waals surface area contributed by atoms with E-state index in [1.807, 2.05) is 13.8 Å². The maximum Gasteiger partial charge on any atom is 0.395 e. The maximum absolute atomic E-state index is 13.3. The van der Waals surface area contributed by atoms with Crippen molar-refractivity contribution in [2.24, 2.45) is 0 Å². The molecule has 4 N–H and O–H groups in total. The first kappa shape index (κ1) is 18.3. The summed E-state index contributed by atoms with van der Waals surface area (Å²) < 4.78 is 39.9. The van der Waals surface area contributed by atoms with Crippen LogP contribution in [0.1, 0.15) is 53.8 Å². The van der Waals surface area contributed by atoms with Crippen LogP contribution in [0, 0.1) is 13.8 Å². The molecule has 142 valence electrons. The monoisotopic (exact) mass is 370 g/mol. The molecule has 2 heterocycles. The molecule has 7 nitrogen and oxygen atoms in total. The number of urea groups is 1. The van der Waals surface area contributed by atoms with Crippen molar-refractivity contribution in [1.82, 2.24) is 30.8 Å². The zero-order chi connectivity index (χ0) is 19.1. The van der Waals surface area contributed by atoms with Gasteiger partial charge >= 0.3 is 12.2 Å². The van der Waals surface area contributed by atoms with E-state index in [4.69, 9.17) is 0 Å². The number of halogens is 3. The van der Waals surface area contributed by atoms with Crippen LogP contribution in [0.4, 0.5) is 18.0 Å². The van der Waals surface area contributed by atoms with E-state index < -0.39 is 30.2 Å². The van der Waals surface area contributed by atoms with Crippen LogP contribution in [0.3, 0.4) is 0 Å². The molecule has 2 aromatic heterocycles. The number of H-pyrrole nitrogens is 2. The Morgan fingerprint density at radius 1 is 1.38 bits per heavy atom. The highest BCUT2D eigenvalue weighted by atomic mass is 19.4. The van der Waals surface area contributed by atoms with Crippen molar-refractivity contribution in [1.29, 1.82) is 0 Å². The Bertz CT molecular complexity index is 777. The number of carbonyl (C=O) groups excluding carboxylic acids is 1. The van der Waals surface area contributed by atoms with Crippen LogP contribution in [0.15, 0.2) is 6.20 Å². The predicted octanol–water partition coefficient (Wildman–Crippen LogP) is 2.77. The van der Waals surface area contributed by atoms with Crippen molar-refractivity contribution in [3.05, 3.63) is 34.7 Å². The van der Waals surface area contributed by atoms with Crippen LogP contribution >= 0.6 is 0 Å². The summed E-state index contributed by atoms with van der Waals surface area (Å²) in [6, 6.07) is -1.56. The van der Waals surface area contributed by atoms with E-state index in [0.29, 0.717) is 11.5 Å². The molecule has 26 heavy (non-hydrogen) atoms. The molecule has 2 amide bonds.